The zero-order valence-corrected chi connectivity index (χ0v) is 17.5. The number of aromatic nitrogens is 2. The molecular formula is C22H23FN4O2S. The van der Waals surface area contributed by atoms with Gasteiger partial charge in [-0.05, 0) is 60.5 Å². The van der Waals surface area contributed by atoms with E-state index < -0.39 is 10.0 Å². The van der Waals surface area contributed by atoms with Crippen molar-refractivity contribution < 1.29 is 12.8 Å². The van der Waals surface area contributed by atoms with Gasteiger partial charge in [-0.25, -0.2) is 12.8 Å². The molecule has 0 bridgehead atoms. The largest absolute Gasteiger partial charge is 0.352 e. The number of hydrogen-bond donors (Lipinski definition) is 0. The van der Waals surface area contributed by atoms with E-state index >= 15 is 0 Å². The van der Waals surface area contributed by atoms with Gasteiger partial charge in [0, 0.05) is 31.7 Å². The second kappa shape index (κ2) is 8.49. The van der Waals surface area contributed by atoms with E-state index in [2.05, 4.69) is 10.2 Å². The van der Waals surface area contributed by atoms with E-state index in [0.717, 1.165) is 17.5 Å². The first-order valence-corrected chi connectivity index (χ1v) is 11.3. The number of anilines is 1. The van der Waals surface area contributed by atoms with Crippen LogP contribution in [0.25, 0.3) is 11.3 Å². The summed E-state index contributed by atoms with van der Waals surface area (Å²) in [6, 6.07) is 16.9. The van der Waals surface area contributed by atoms with Crippen molar-refractivity contribution in [3.63, 3.8) is 0 Å². The van der Waals surface area contributed by atoms with Crippen LogP contribution in [0.1, 0.15) is 12.5 Å². The maximum Gasteiger partial charge on any atom is 0.243 e. The van der Waals surface area contributed by atoms with Crippen molar-refractivity contribution >= 4 is 15.8 Å². The van der Waals surface area contributed by atoms with E-state index in [9.17, 15) is 12.8 Å². The minimum Gasteiger partial charge on any atom is -0.352 e. The fourth-order valence-electron chi connectivity index (χ4n) is 3.47. The molecule has 0 amide bonds. The van der Waals surface area contributed by atoms with E-state index in [1.807, 2.05) is 36.1 Å². The van der Waals surface area contributed by atoms with Crippen LogP contribution in [0.3, 0.4) is 0 Å². The molecule has 0 aliphatic carbocycles. The number of rotatable bonds is 5. The average Bonchev–Trinajstić information content (AvgIpc) is 2.80. The first-order valence-electron chi connectivity index (χ1n) is 9.91. The molecule has 1 fully saturated rings. The van der Waals surface area contributed by atoms with E-state index in [1.54, 1.807) is 24.3 Å². The molecule has 6 nitrogen and oxygen atoms in total. The maximum absolute atomic E-state index is 13.1. The molecule has 0 N–H and O–H groups in total. The predicted octanol–water partition coefficient (Wildman–Crippen LogP) is 3.36. The normalized spacial score (nSPS) is 15.3. The Morgan fingerprint density at radius 1 is 0.867 bits per heavy atom. The van der Waals surface area contributed by atoms with Gasteiger partial charge in [-0.1, -0.05) is 19.1 Å². The second-order valence-corrected chi connectivity index (χ2v) is 9.11. The number of sulfonamides is 1. The molecule has 0 spiro atoms. The minimum atomic E-state index is -3.50. The Bertz CT molecular complexity index is 1090. The molecule has 2 heterocycles. The minimum absolute atomic E-state index is 0.294. The highest BCUT2D eigenvalue weighted by Crippen LogP contribution is 2.22. The third-order valence-electron chi connectivity index (χ3n) is 5.32. The second-order valence-electron chi connectivity index (χ2n) is 7.17. The standard InChI is InChI=1S/C22H23FN4O2S/c1-2-17-3-9-20(10-4-17)30(28,29)27-15-13-26(14-16-27)22-12-11-21(24-25-22)18-5-7-19(23)8-6-18/h3-12H,2,13-16H2,1H3. The van der Waals surface area contributed by atoms with Crippen molar-refractivity contribution in [2.24, 2.45) is 0 Å². The van der Waals surface area contributed by atoms with E-state index in [1.165, 1.54) is 16.4 Å². The number of aryl methyl sites for hydroxylation is 1. The third kappa shape index (κ3) is 4.20. The zero-order valence-electron chi connectivity index (χ0n) is 16.7. The Morgan fingerprint density at radius 2 is 1.53 bits per heavy atom. The highest BCUT2D eigenvalue weighted by molar-refractivity contribution is 7.89. The van der Waals surface area contributed by atoms with Gasteiger partial charge in [-0.2, -0.15) is 4.31 Å². The lowest BCUT2D eigenvalue weighted by Crippen LogP contribution is -2.49. The lowest BCUT2D eigenvalue weighted by Gasteiger charge is -2.34. The van der Waals surface area contributed by atoms with Gasteiger partial charge in [0.25, 0.3) is 0 Å². The summed E-state index contributed by atoms with van der Waals surface area (Å²) < 4.78 is 40.4. The molecule has 1 aromatic heterocycles. The van der Waals surface area contributed by atoms with E-state index in [-0.39, 0.29) is 5.82 Å². The topological polar surface area (TPSA) is 66.4 Å². The van der Waals surface area contributed by atoms with Gasteiger partial charge < -0.3 is 4.90 Å². The van der Waals surface area contributed by atoms with Crippen molar-refractivity contribution in [2.75, 3.05) is 31.1 Å². The highest BCUT2D eigenvalue weighted by Gasteiger charge is 2.29. The van der Waals surface area contributed by atoms with Crippen LogP contribution >= 0.6 is 0 Å². The number of benzene rings is 2. The summed E-state index contributed by atoms with van der Waals surface area (Å²) in [5, 5.41) is 8.52. The summed E-state index contributed by atoms with van der Waals surface area (Å²) in [6.07, 6.45) is 0.875. The van der Waals surface area contributed by atoms with Gasteiger partial charge in [0.2, 0.25) is 10.0 Å². The first kappa shape index (κ1) is 20.4. The summed E-state index contributed by atoms with van der Waals surface area (Å²) in [5.74, 6) is 0.405. The lowest BCUT2D eigenvalue weighted by atomic mass is 10.1. The Kier molecular flexibility index (Phi) is 5.78. The van der Waals surface area contributed by atoms with Crippen LogP contribution in [0.2, 0.25) is 0 Å². The van der Waals surface area contributed by atoms with E-state index in [0.29, 0.717) is 42.6 Å². The molecule has 156 valence electrons. The van der Waals surface area contributed by atoms with Crippen LogP contribution in [-0.4, -0.2) is 49.1 Å². The summed E-state index contributed by atoms with van der Waals surface area (Å²) >= 11 is 0. The van der Waals surface area contributed by atoms with Gasteiger partial charge in [-0.15, -0.1) is 10.2 Å². The smallest absolute Gasteiger partial charge is 0.243 e. The van der Waals surface area contributed by atoms with Gasteiger partial charge in [0.1, 0.15) is 5.82 Å². The van der Waals surface area contributed by atoms with Gasteiger partial charge in [0.15, 0.2) is 5.82 Å². The molecule has 4 rings (SSSR count). The molecule has 1 saturated heterocycles. The number of nitrogens with zero attached hydrogens (tertiary/aromatic N) is 4. The fourth-order valence-corrected chi connectivity index (χ4v) is 4.89. The third-order valence-corrected chi connectivity index (χ3v) is 7.24. The number of hydrogen-bond acceptors (Lipinski definition) is 5. The molecule has 2 aromatic carbocycles. The summed E-state index contributed by atoms with van der Waals surface area (Å²) in [7, 11) is -3.50. The van der Waals surface area contributed by atoms with Gasteiger partial charge in [0.05, 0.1) is 10.6 Å². The van der Waals surface area contributed by atoms with Crippen LogP contribution in [-0.2, 0) is 16.4 Å². The number of piperazine rings is 1. The molecule has 0 atom stereocenters. The molecule has 0 unspecified atom stereocenters. The molecule has 0 radical (unpaired) electrons. The molecule has 0 saturated carbocycles. The molecule has 1 aliphatic rings. The monoisotopic (exact) mass is 426 g/mol. The molecule has 30 heavy (non-hydrogen) atoms. The molecule has 3 aromatic rings. The van der Waals surface area contributed by atoms with Gasteiger partial charge >= 0.3 is 0 Å². The SMILES string of the molecule is CCc1ccc(S(=O)(=O)N2CCN(c3ccc(-c4ccc(F)cc4)nn3)CC2)cc1. The van der Waals surface area contributed by atoms with Crippen molar-refractivity contribution in [3.8, 4) is 11.3 Å². The average molecular weight is 427 g/mol. The quantitative estimate of drug-likeness (QED) is 0.626. The summed E-state index contributed by atoms with van der Waals surface area (Å²) in [4.78, 5) is 2.35. The molecular weight excluding hydrogens is 403 g/mol. The van der Waals surface area contributed by atoms with Crippen LogP contribution < -0.4 is 4.90 Å². The molecule has 8 heteroatoms. The summed E-state index contributed by atoms with van der Waals surface area (Å²) in [6.45, 7) is 3.89. The van der Waals surface area contributed by atoms with Crippen molar-refractivity contribution in [2.45, 2.75) is 18.2 Å². The summed E-state index contributed by atoms with van der Waals surface area (Å²) in [5.41, 5.74) is 2.57. The zero-order chi connectivity index (χ0) is 21.1. The Morgan fingerprint density at radius 3 is 2.10 bits per heavy atom. The van der Waals surface area contributed by atoms with Gasteiger partial charge in [-0.3, -0.25) is 0 Å². The Labute approximate surface area is 176 Å². The van der Waals surface area contributed by atoms with Crippen molar-refractivity contribution in [1.82, 2.24) is 14.5 Å². The predicted molar refractivity (Wildman–Crippen MR) is 114 cm³/mol. The van der Waals surface area contributed by atoms with Crippen molar-refractivity contribution in [3.05, 3.63) is 72.0 Å². The number of halogens is 1. The van der Waals surface area contributed by atoms with Crippen molar-refractivity contribution in [1.29, 1.82) is 0 Å². The molecule has 1 aliphatic heterocycles. The Hall–Kier alpha value is -2.84. The maximum atomic E-state index is 13.1. The highest BCUT2D eigenvalue weighted by atomic mass is 32.2. The lowest BCUT2D eigenvalue weighted by molar-refractivity contribution is 0.383. The van der Waals surface area contributed by atoms with Crippen LogP contribution in [0.15, 0.2) is 65.6 Å². The van der Waals surface area contributed by atoms with E-state index in [4.69, 9.17) is 0 Å². The van der Waals surface area contributed by atoms with Crippen LogP contribution in [0.4, 0.5) is 10.2 Å². The van der Waals surface area contributed by atoms with Crippen LogP contribution in [0, 0.1) is 5.82 Å². The first-order chi connectivity index (χ1) is 14.5. The Balaban J connectivity index is 1.42. The van der Waals surface area contributed by atoms with Crippen LogP contribution in [0.5, 0.6) is 0 Å². The fraction of sp³-hybridized carbons (Fsp3) is 0.273.